The Morgan fingerprint density at radius 3 is 2.23 bits per heavy atom. The number of carbonyl (C=O) groups is 1. The Bertz CT molecular complexity index is 874. The first-order valence-electron chi connectivity index (χ1n) is 9.08. The predicted molar refractivity (Wildman–Crippen MR) is 128 cm³/mol. The van der Waals surface area contributed by atoms with Gasteiger partial charge in [0.1, 0.15) is 11.3 Å². The summed E-state index contributed by atoms with van der Waals surface area (Å²) in [7, 11) is 6.03. The Kier molecular flexibility index (Phi) is 10.8. The minimum absolute atomic E-state index is 0. The summed E-state index contributed by atoms with van der Waals surface area (Å²) in [6.45, 7) is 3.07. The Morgan fingerprint density at radius 1 is 0.933 bits per heavy atom. The van der Waals surface area contributed by atoms with Crippen LogP contribution in [0.5, 0.6) is 17.2 Å². The minimum Gasteiger partial charge on any atom is -0.496 e. The second-order valence-electron chi connectivity index (χ2n) is 5.92. The molecule has 30 heavy (non-hydrogen) atoms. The molecule has 0 amide bonds. The van der Waals surface area contributed by atoms with Crippen LogP contribution in [0.15, 0.2) is 41.4 Å². The van der Waals surface area contributed by atoms with Crippen LogP contribution in [-0.2, 0) is 11.3 Å². The van der Waals surface area contributed by atoms with E-state index in [-0.39, 0.29) is 24.0 Å². The molecule has 2 rings (SSSR count). The van der Waals surface area contributed by atoms with Gasteiger partial charge in [-0.25, -0.2) is 9.79 Å². The first kappa shape index (κ1) is 25.3. The van der Waals surface area contributed by atoms with Gasteiger partial charge in [0.25, 0.3) is 0 Å². The summed E-state index contributed by atoms with van der Waals surface area (Å²) in [5.74, 6) is 1.88. The molecule has 2 aromatic carbocycles. The average molecular weight is 529 g/mol. The highest BCUT2D eigenvalue weighted by molar-refractivity contribution is 14.0. The van der Waals surface area contributed by atoms with Gasteiger partial charge in [-0.3, -0.25) is 0 Å². The maximum Gasteiger partial charge on any atom is 0.341 e. The molecule has 0 saturated heterocycles. The van der Waals surface area contributed by atoms with E-state index in [9.17, 15) is 4.79 Å². The van der Waals surface area contributed by atoms with Crippen LogP contribution in [0.3, 0.4) is 0 Å². The standard InChI is InChI=1S/C21H27N3O5.HI/c1-6-22-21(24-15-8-10-17(26-2)19(12-15)28-4)23-13-14-7-9-16(20(25)29-5)18(11-14)27-3;/h7-12H,6,13H2,1-5H3,(H2,22,23,24);1H. The number of halogens is 1. The number of benzene rings is 2. The molecule has 0 aliphatic carbocycles. The summed E-state index contributed by atoms with van der Waals surface area (Å²) in [5, 5.41) is 6.44. The van der Waals surface area contributed by atoms with Crippen LogP contribution in [0.2, 0.25) is 0 Å². The van der Waals surface area contributed by atoms with Crippen molar-refractivity contribution < 1.29 is 23.7 Å². The Morgan fingerprint density at radius 2 is 1.63 bits per heavy atom. The molecule has 0 radical (unpaired) electrons. The van der Waals surface area contributed by atoms with Crippen LogP contribution < -0.4 is 24.8 Å². The second kappa shape index (κ2) is 12.8. The van der Waals surface area contributed by atoms with E-state index in [2.05, 4.69) is 15.6 Å². The lowest BCUT2D eigenvalue weighted by molar-refractivity contribution is 0.0597. The molecule has 0 spiro atoms. The van der Waals surface area contributed by atoms with Crippen LogP contribution in [0, 0.1) is 0 Å². The first-order chi connectivity index (χ1) is 14.1. The number of hydrogen-bond donors (Lipinski definition) is 2. The molecule has 0 heterocycles. The summed E-state index contributed by atoms with van der Waals surface area (Å²) in [5.41, 5.74) is 2.07. The van der Waals surface area contributed by atoms with Gasteiger partial charge in [0.2, 0.25) is 0 Å². The molecule has 0 aromatic heterocycles. The topological polar surface area (TPSA) is 90.4 Å². The molecule has 0 unspecified atom stereocenters. The van der Waals surface area contributed by atoms with Crippen molar-refractivity contribution in [1.82, 2.24) is 5.32 Å². The van der Waals surface area contributed by atoms with Gasteiger partial charge < -0.3 is 29.6 Å². The zero-order valence-electron chi connectivity index (χ0n) is 17.8. The monoisotopic (exact) mass is 529 g/mol. The summed E-state index contributed by atoms with van der Waals surface area (Å²) >= 11 is 0. The van der Waals surface area contributed by atoms with E-state index in [1.807, 2.05) is 31.2 Å². The molecule has 0 bridgehead atoms. The molecule has 0 aliphatic rings. The number of aliphatic imine (C=N–C) groups is 1. The zero-order valence-corrected chi connectivity index (χ0v) is 20.1. The highest BCUT2D eigenvalue weighted by Crippen LogP contribution is 2.29. The van der Waals surface area contributed by atoms with Crippen molar-refractivity contribution in [3.63, 3.8) is 0 Å². The number of methoxy groups -OCH3 is 4. The van der Waals surface area contributed by atoms with Gasteiger partial charge in [-0.2, -0.15) is 0 Å². The fourth-order valence-corrected chi connectivity index (χ4v) is 2.64. The van der Waals surface area contributed by atoms with Crippen molar-refractivity contribution in [3.8, 4) is 17.2 Å². The van der Waals surface area contributed by atoms with Crippen molar-refractivity contribution >= 4 is 41.6 Å². The number of rotatable bonds is 8. The Balaban J connectivity index is 0.00000450. The van der Waals surface area contributed by atoms with Crippen molar-refractivity contribution in [1.29, 1.82) is 0 Å². The largest absolute Gasteiger partial charge is 0.496 e. The van der Waals surface area contributed by atoms with E-state index in [0.717, 1.165) is 11.3 Å². The van der Waals surface area contributed by atoms with Gasteiger partial charge in [0.15, 0.2) is 17.5 Å². The van der Waals surface area contributed by atoms with Crippen molar-refractivity contribution in [2.45, 2.75) is 13.5 Å². The summed E-state index contributed by atoms with van der Waals surface area (Å²) in [4.78, 5) is 16.4. The van der Waals surface area contributed by atoms with Crippen LogP contribution in [-0.4, -0.2) is 46.9 Å². The molecule has 2 N–H and O–H groups in total. The Hall–Kier alpha value is -2.69. The molecule has 0 aliphatic heterocycles. The third kappa shape index (κ3) is 6.68. The van der Waals surface area contributed by atoms with Crippen molar-refractivity contribution in [3.05, 3.63) is 47.5 Å². The normalized spacial score (nSPS) is 10.5. The lowest BCUT2D eigenvalue weighted by Gasteiger charge is -2.14. The molecule has 0 fully saturated rings. The maximum atomic E-state index is 11.8. The number of guanidine groups is 1. The van der Waals surface area contributed by atoms with E-state index in [4.69, 9.17) is 18.9 Å². The lowest BCUT2D eigenvalue weighted by atomic mass is 10.1. The molecule has 9 heteroatoms. The van der Waals surface area contributed by atoms with E-state index in [1.54, 1.807) is 26.4 Å². The number of ether oxygens (including phenoxy) is 4. The third-order valence-corrected chi connectivity index (χ3v) is 4.08. The minimum atomic E-state index is -0.444. The summed E-state index contributed by atoms with van der Waals surface area (Å²) in [6.07, 6.45) is 0. The van der Waals surface area contributed by atoms with Crippen molar-refractivity contribution in [2.75, 3.05) is 40.3 Å². The van der Waals surface area contributed by atoms with Gasteiger partial charge in [-0.05, 0) is 36.8 Å². The molecular formula is C21H28IN3O5. The third-order valence-electron chi connectivity index (χ3n) is 4.08. The van der Waals surface area contributed by atoms with Gasteiger partial charge in [-0.15, -0.1) is 24.0 Å². The number of anilines is 1. The van der Waals surface area contributed by atoms with Crippen LogP contribution in [0.25, 0.3) is 0 Å². The Labute approximate surface area is 194 Å². The first-order valence-corrected chi connectivity index (χ1v) is 9.08. The van der Waals surface area contributed by atoms with E-state index < -0.39 is 5.97 Å². The van der Waals surface area contributed by atoms with E-state index in [0.29, 0.717) is 41.9 Å². The zero-order chi connectivity index (χ0) is 21.2. The fourth-order valence-electron chi connectivity index (χ4n) is 2.64. The number of hydrogen-bond acceptors (Lipinski definition) is 6. The second-order valence-corrected chi connectivity index (χ2v) is 5.92. The molecule has 8 nitrogen and oxygen atoms in total. The number of esters is 1. The van der Waals surface area contributed by atoms with Crippen LogP contribution in [0.1, 0.15) is 22.8 Å². The average Bonchev–Trinajstić information content (AvgIpc) is 2.76. The fraction of sp³-hybridized carbons (Fsp3) is 0.333. The van der Waals surface area contributed by atoms with E-state index in [1.165, 1.54) is 14.2 Å². The van der Waals surface area contributed by atoms with Crippen LogP contribution in [0.4, 0.5) is 5.69 Å². The number of carbonyl (C=O) groups excluding carboxylic acids is 1. The van der Waals surface area contributed by atoms with Gasteiger partial charge in [0, 0.05) is 18.3 Å². The highest BCUT2D eigenvalue weighted by Gasteiger charge is 2.13. The van der Waals surface area contributed by atoms with Gasteiger partial charge in [-0.1, -0.05) is 6.07 Å². The number of nitrogens with zero attached hydrogens (tertiary/aromatic N) is 1. The van der Waals surface area contributed by atoms with E-state index >= 15 is 0 Å². The van der Waals surface area contributed by atoms with Gasteiger partial charge >= 0.3 is 5.97 Å². The van der Waals surface area contributed by atoms with Crippen LogP contribution >= 0.6 is 24.0 Å². The smallest absolute Gasteiger partial charge is 0.341 e. The molecule has 164 valence electrons. The number of nitrogens with one attached hydrogen (secondary N) is 2. The lowest BCUT2D eigenvalue weighted by Crippen LogP contribution is -2.30. The summed E-state index contributed by atoms with van der Waals surface area (Å²) < 4.78 is 20.7. The SMILES string of the molecule is CCNC(=NCc1ccc(C(=O)OC)c(OC)c1)Nc1ccc(OC)c(OC)c1.I. The summed E-state index contributed by atoms with van der Waals surface area (Å²) in [6, 6.07) is 10.8. The molecule has 0 saturated carbocycles. The molecule has 0 atom stereocenters. The quantitative estimate of drug-likeness (QED) is 0.233. The maximum absolute atomic E-state index is 11.8. The van der Waals surface area contributed by atoms with Crippen molar-refractivity contribution in [2.24, 2.45) is 4.99 Å². The molecular weight excluding hydrogens is 501 g/mol. The highest BCUT2D eigenvalue weighted by atomic mass is 127. The predicted octanol–water partition coefficient (Wildman–Crippen LogP) is 3.69. The molecule has 2 aromatic rings. The van der Waals surface area contributed by atoms with Gasteiger partial charge in [0.05, 0.1) is 35.0 Å².